The molecule has 0 saturated heterocycles. The van der Waals surface area contributed by atoms with E-state index >= 15 is 0 Å². The van der Waals surface area contributed by atoms with Gasteiger partial charge in [0.05, 0.1) is 59.0 Å². The average Bonchev–Trinajstić information content (AvgIpc) is 3.66. The van der Waals surface area contributed by atoms with Crippen LogP contribution in [0.25, 0.3) is 0 Å². The van der Waals surface area contributed by atoms with Gasteiger partial charge in [-0.25, -0.2) is 19.4 Å². The Bertz CT molecular complexity index is 2520. The highest BCUT2D eigenvalue weighted by atomic mass is 16.5. The molecule has 0 radical (unpaired) electrons. The van der Waals surface area contributed by atoms with E-state index < -0.39 is 41.0 Å². The molecule has 8 rings (SSSR count). The summed E-state index contributed by atoms with van der Waals surface area (Å²) in [6.07, 6.45) is 0. The summed E-state index contributed by atoms with van der Waals surface area (Å²) in [6, 6.07) is 36.7. The summed E-state index contributed by atoms with van der Waals surface area (Å²) in [7, 11) is 2.55. The van der Waals surface area contributed by atoms with Crippen LogP contribution in [0.2, 0.25) is 0 Å². The van der Waals surface area contributed by atoms with Crippen molar-refractivity contribution in [3.05, 3.63) is 178 Å². The molecule has 12 nitrogen and oxygen atoms in total. The number of fused-ring (bicyclic) bond motifs is 2. The van der Waals surface area contributed by atoms with Crippen LogP contribution in [-0.2, 0) is 14.9 Å². The SMILES string of the molecule is COC(=O)c1ccc(N2C(=O)c3ccc(Oc4ccc(C(C)(C)c5ccc(Oc6ccc7c(c6)C(=O)N(c6ccc(C(=O)OC)cc6)C7=O)cc5)cc4)cc3C2=O)cc1. The molecule has 12 heteroatoms. The van der Waals surface area contributed by atoms with Gasteiger partial charge in [0, 0.05) is 5.41 Å². The standard InChI is InChI=1S/C47H34N2O10/c1-47(2,29-9-17-33(18-10-29)58-35-21-23-37-39(25-35)43(52)48(41(37)50)31-13-5-27(6-14-31)45(54)56-3)30-11-19-34(20-12-30)59-36-22-24-38-40(26-36)44(53)49(42(38)51)32-15-7-28(8-16-32)46(55)57-4/h5-26H,1-4H3. The second kappa shape index (κ2) is 14.9. The molecular weight excluding hydrogens is 753 g/mol. The fraction of sp³-hybridized carbons (Fsp3) is 0.106. The smallest absolute Gasteiger partial charge is 0.337 e. The Balaban J connectivity index is 0.916. The minimum absolute atomic E-state index is 0.210. The molecule has 2 aliphatic heterocycles. The molecule has 6 aromatic carbocycles. The quantitative estimate of drug-likeness (QED) is 0.0976. The van der Waals surface area contributed by atoms with Crippen LogP contribution < -0.4 is 19.3 Å². The second-order valence-electron chi connectivity index (χ2n) is 14.3. The average molecular weight is 787 g/mol. The van der Waals surface area contributed by atoms with E-state index in [4.69, 9.17) is 18.9 Å². The van der Waals surface area contributed by atoms with E-state index in [0.29, 0.717) is 45.5 Å². The molecule has 0 aliphatic carbocycles. The minimum atomic E-state index is -0.523. The summed E-state index contributed by atoms with van der Waals surface area (Å²) < 4.78 is 21.7. The van der Waals surface area contributed by atoms with Gasteiger partial charge in [0.25, 0.3) is 23.6 Å². The van der Waals surface area contributed by atoms with Crippen LogP contribution in [0.5, 0.6) is 23.0 Å². The van der Waals surface area contributed by atoms with Gasteiger partial charge in [-0.15, -0.1) is 0 Å². The third-order valence-electron chi connectivity index (χ3n) is 10.4. The van der Waals surface area contributed by atoms with Crippen molar-refractivity contribution >= 4 is 46.9 Å². The summed E-state index contributed by atoms with van der Waals surface area (Å²) in [4.78, 5) is 78.8. The molecule has 0 bridgehead atoms. The second-order valence-corrected chi connectivity index (χ2v) is 14.3. The van der Waals surface area contributed by atoms with E-state index in [2.05, 4.69) is 13.8 Å². The normalized spacial score (nSPS) is 13.3. The summed E-state index contributed by atoms with van der Waals surface area (Å²) in [6.45, 7) is 4.18. The fourth-order valence-electron chi connectivity index (χ4n) is 7.08. The van der Waals surface area contributed by atoms with E-state index in [9.17, 15) is 28.8 Å². The highest BCUT2D eigenvalue weighted by Gasteiger charge is 2.38. The van der Waals surface area contributed by atoms with E-state index in [1.807, 2.05) is 48.5 Å². The molecule has 0 fully saturated rings. The number of anilines is 2. The van der Waals surface area contributed by atoms with Crippen molar-refractivity contribution in [2.45, 2.75) is 19.3 Å². The fourth-order valence-corrected chi connectivity index (χ4v) is 7.08. The number of amides is 4. The molecule has 0 atom stereocenters. The molecule has 0 spiro atoms. The van der Waals surface area contributed by atoms with Crippen LogP contribution in [0, 0.1) is 0 Å². The number of ether oxygens (including phenoxy) is 4. The van der Waals surface area contributed by atoms with Crippen molar-refractivity contribution in [2.24, 2.45) is 0 Å². The zero-order chi connectivity index (χ0) is 41.6. The van der Waals surface area contributed by atoms with Gasteiger partial charge in [-0.05, 0) is 120 Å². The maximum atomic E-state index is 13.4. The molecule has 2 heterocycles. The number of imide groups is 2. The first kappa shape index (κ1) is 38.0. The Morgan fingerprint density at radius 1 is 0.424 bits per heavy atom. The van der Waals surface area contributed by atoms with Crippen LogP contribution >= 0.6 is 0 Å². The molecule has 4 amide bonds. The predicted molar refractivity (Wildman–Crippen MR) is 216 cm³/mol. The van der Waals surface area contributed by atoms with Gasteiger partial charge in [0.2, 0.25) is 0 Å². The number of rotatable bonds is 10. The molecule has 0 saturated carbocycles. The summed E-state index contributed by atoms with van der Waals surface area (Å²) in [5.74, 6) is -1.14. The van der Waals surface area contributed by atoms with Gasteiger partial charge in [-0.2, -0.15) is 0 Å². The molecule has 292 valence electrons. The molecule has 6 aromatic rings. The van der Waals surface area contributed by atoms with Crippen LogP contribution in [0.1, 0.15) is 87.1 Å². The Kier molecular flexibility index (Phi) is 9.61. The largest absolute Gasteiger partial charge is 0.465 e. The number of methoxy groups -OCH3 is 2. The Labute approximate surface area is 338 Å². The first-order valence-corrected chi connectivity index (χ1v) is 18.4. The van der Waals surface area contributed by atoms with E-state index in [-0.39, 0.29) is 22.3 Å². The van der Waals surface area contributed by atoms with Crippen LogP contribution in [0.15, 0.2) is 133 Å². The lowest BCUT2D eigenvalue weighted by Crippen LogP contribution is -2.29. The lowest BCUT2D eigenvalue weighted by molar-refractivity contribution is 0.0592. The summed E-state index contributed by atoms with van der Waals surface area (Å²) >= 11 is 0. The first-order chi connectivity index (χ1) is 28.4. The summed E-state index contributed by atoms with van der Waals surface area (Å²) in [5.41, 5.74) is 3.78. The van der Waals surface area contributed by atoms with E-state index in [1.54, 1.807) is 36.4 Å². The van der Waals surface area contributed by atoms with Crippen LogP contribution in [0.4, 0.5) is 11.4 Å². The van der Waals surface area contributed by atoms with E-state index in [0.717, 1.165) is 20.9 Å². The van der Waals surface area contributed by atoms with Gasteiger partial charge >= 0.3 is 11.9 Å². The van der Waals surface area contributed by atoms with E-state index in [1.165, 1.54) is 62.8 Å². The lowest BCUT2D eigenvalue weighted by Gasteiger charge is -2.26. The zero-order valence-electron chi connectivity index (χ0n) is 32.2. The number of hydrogen-bond acceptors (Lipinski definition) is 10. The zero-order valence-corrected chi connectivity index (χ0v) is 32.2. The van der Waals surface area contributed by atoms with Gasteiger partial charge < -0.3 is 18.9 Å². The molecular formula is C47H34N2O10. The third kappa shape index (κ3) is 6.86. The van der Waals surface area contributed by atoms with Crippen molar-refractivity contribution in [3.8, 4) is 23.0 Å². The monoisotopic (exact) mass is 786 g/mol. The number of benzene rings is 6. The Hall–Kier alpha value is -7.86. The highest BCUT2D eigenvalue weighted by molar-refractivity contribution is 6.35. The van der Waals surface area contributed by atoms with Crippen molar-refractivity contribution in [1.82, 2.24) is 0 Å². The number of esters is 2. The van der Waals surface area contributed by atoms with Crippen molar-refractivity contribution in [1.29, 1.82) is 0 Å². The van der Waals surface area contributed by atoms with Gasteiger partial charge in [0.1, 0.15) is 23.0 Å². The van der Waals surface area contributed by atoms with Gasteiger partial charge in [-0.1, -0.05) is 38.1 Å². The topological polar surface area (TPSA) is 146 Å². The van der Waals surface area contributed by atoms with Crippen LogP contribution in [-0.4, -0.2) is 49.8 Å². The van der Waals surface area contributed by atoms with Crippen molar-refractivity contribution in [2.75, 3.05) is 24.0 Å². The number of carbonyl (C=O) groups is 6. The lowest BCUT2D eigenvalue weighted by atomic mass is 9.78. The summed E-state index contributed by atoms with van der Waals surface area (Å²) in [5, 5.41) is 0. The third-order valence-corrected chi connectivity index (χ3v) is 10.4. The van der Waals surface area contributed by atoms with Crippen molar-refractivity contribution < 1.29 is 47.7 Å². The predicted octanol–water partition coefficient (Wildman–Crippen LogP) is 8.77. The number of carbonyl (C=O) groups excluding carboxylic acids is 6. The van der Waals surface area contributed by atoms with Gasteiger partial charge in [0.15, 0.2) is 0 Å². The first-order valence-electron chi connectivity index (χ1n) is 18.4. The Morgan fingerprint density at radius 3 is 1.08 bits per heavy atom. The van der Waals surface area contributed by atoms with Crippen LogP contribution in [0.3, 0.4) is 0 Å². The number of nitrogens with zero attached hydrogens (tertiary/aromatic N) is 2. The van der Waals surface area contributed by atoms with Crippen molar-refractivity contribution in [3.63, 3.8) is 0 Å². The maximum absolute atomic E-state index is 13.4. The number of hydrogen-bond donors (Lipinski definition) is 0. The molecule has 0 aromatic heterocycles. The molecule has 0 N–H and O–H groups in total. The highest BCUT2D eigenvalue weighted by Crippen LogP contribution is 2.37. The molecule has 59 heavy (non-hydrogen) atoms. The molecule has 2 aliphatic rings. The maximum Gasteiger partial charge on any atom is 0.337 e. The molecule has 0 unspecified atom stereocenters. The minimum Gasteiger partial charge on any atom is -0.465 e. The van der Waals surface area contributed by atoms with Gasteiger partial charge in [-0.3, -0.25) is 19.2 Å². The Morgan fingerprint density at radius 2 is 0.746 bits per heavy atom.